The van der Waals surface area contributed by atoms with Gasteiger partial charge < -0.3 is 24.6 Å². The van der Waals surface area contributed by atoms with Gasteiger partial charge in [0.15, 0.2) is 5.96 Å². The second kappa shape index (κ2) is 14.8. The number of halogens is 1. The lowest BCUT2D eigenvalue weighted by Gasteiger charge is -2.35. The molecule has 0 aromatic carbocycles. The third-order valence-corrected chi connectivity index (χ3v) is 6.38. The molecule has 3 rings (SSSR count). The molecule has 1 atom stereocenters. The fraction of sp³-hybridized carbons (Fsp3) is 0.955. The summed E-state index contributed by atoms with van der Waals surface area (Å²) in [6, 6.07) is 0. The molecule has 7 heteroatoms. The zero-order valence-corrected chi connectivity index (χ0v) is 20.8. The number of aliphatic imine (C=N–C) groups is 1. The molecule has 0 amide bonds. The first-order valence-electron chi connectivity index (χ1n) is 11.8. The molecule has 0 bridgehead atoms. The van der Waals surface area contributed by atoms with Gasteiger partial charge in [-0.2, -0.15) is 0 Å². The molecule has 3 aliphatic heterocycles. The zero-order chi connectivity index (χ0) is 19.4. The van der Waals surface area contributed by atoms with E-state index in [9.17, 15) is 0 Å². The van der Waals surface area contributed by atoms with Gasteiger partial charge in [0.25, 0.3) is 0 Å². The highest BCUT2D eigenvalue weighted by Crippen LogP contribution is 2.18. The topological polar surface area (TPSA) is 49.3 Å². The van der Waals surface area contributed by atoms with E-state index in [1.807, 2.05) is 7.05 Å². The SMILES string of the molecule is CN=C(NCCCN1CCCCCC1)N1CCC(OCC2CCCCO2)CC1.I. The minimum atomic E-state index is 0. The number of hydrogen-bond donors (Lipinski definition) is 1. The van der Waals surface area contributed by atoms with Crippen molar-refractivity contribution in [1.82, 2.24) is 15.1 Å². The molecule has 0 aromatic rings. The maximum atomic E-state index is 6.14. The Morgan fingerprint density at radius 2 is 1.76 bits per heavy atom. The third kappa shape index (κ3) is 9.27. The summed E-state index contributed by atoms with van der Waals surface area (Å²) < 4.78 is 11.9. The first-order chi connectivity index (χ1) is 13.8. The lowest BCUT2D eigenvalue weighted by molar-refractivity contribution is -0.0721. The quantitative estimate of drug-likeness (QED) is 0.240. The highest BCUT2D eigenvalue weighted by Gasteiger charge is 2.23. The van der Waals surface area contributed by atoms with Crippen LogP contribution >= 0.6 is 24.0 Å². The van der Waals surface area contributed by atoms with Crippen LogP contribution in [0.25, 0.3) is 0 Å². The molecule has 6 nitrogen and oxygen atoms in total. The van der Waals surface area contributed by atoms with Crippen molar-refractivity contribution in [3.8, 4) is 0 Å². The van der Waals surface area contributed by atoms with Crippen molar-refractivity contribution in [3.05, 3.63) is 0 Å². The van der Waals surface area contributed by atoms with Gasteiger partial charge in [-0.25, -0.2) is 0 Å². The largest absolute Gasteiger partial charge is 0.376 e. The molecule has 170 valence electrons. The zero-order valence-electron chi connectivity index (χ0n) is 18.4. The van der Waals surface area contributed by atoms with Crippen molar-refractivity contribution < 1.29 is 9.47 Å². The van der Waals surface area contributed by atoms with Crippen LogP contribution in [0.1, 0.15) is 64.2 Å². The van der Waals surface area contributed by atoms with E-state index in [1.165, 1.54) is 64.6 Å². The third-order valence-electron chi connectivity index (χ3n) is 6.38. The molecule has 1 N–H and O–H groups in total. The van der Waals surface area contributed by atoms with Crippen LogP contribution in [-0.2, 0) is 9.47 Å². The van der Waals surface area contributed by atoms with E-state index in [4.69, 9.17) is 9.47 Å². The summed E-state index contributed by atoms with van der Waals surface area (Å²) in [4.78, 5) is 9.54. The van der Waals surface area contributed by atoms with E-state index in [1.54, 1.807) is 0 Å². The van der Waals surface area contributed by atoms with Crippen LogP contribution in [0.15, 0.2) is 4.99 Å². The van der Waals surface area contributed by atoms with Crippen LogP contribution in [0.4, 0.5) is 0 Å². The van der Waals surface area contributed by atoms with Gasteiger partial charge in [-0.3, -0.25) is 4.99 Å². The predicted molar refractivity (Wildman–Crippen MR) is 130 cm³/mol. The monoisotopic (exact) mass is 522 g/mol. The Balaban J connectivity index is 0.00000300. The Bertz CT molecular complexity index is 444. The van der Waals surface area contributed by atoms with Crippen molar-refractivity contribution >= 4 is 29.9 Å². The van der Waals surface area contributed by atoms with Gasteiger partial charge in [0, 0.05) is 33.3 Å². The van der Waals surface area contributed by atoms with Crippen LogP contribution in [-0.4, -0.2) is 87.5 Å². The van der Waals surface area contributed by atoms with Gasteiger partial charge in [-0.15, -0.1) is 24.0 Å². The lowest BCUT2D eigenvalue weighted by Crippen LogP contribution is -2.47. The van der Waals surface area contributed by atoms with Gasteiger partial charge in [0.05, 0.1) is 18.8 Å². The molecular formula is C22H43IN4O2. The van der Waals surface area contributed by atoms with E-state index in [0.717, 1.165) is 58.1 Å². The molecular weight excluding hydrogens is 479 g/mol. The van der Waals surface area contributed by atoms with Gasteiger partial charge >= 0.3 is 0 Å². The highest BCUT2D eigenvalue weighted by atomic mass is 127. The Morgan fingerprint density at radius 3 is 2.41 bits per heavy atom. The number of hydrogen-bond acceptors (Lipinski definition) is 4. The number of likely N-dealkylation sites (tertiary alicyclic amines) is 2. The Hall–Kier alpha value is -0.120. The van der Waals surface area contributed by atoms with Crippen molar-refractivity contribution in [2.45, 2.75) is 76.4 Å². The van der Waals surface area contributed by atoms with Crippen molar-refractivity contribution in [2.75, 3.05) is 59.5 Å². The van der Waals surface area contributed by atoms with Crippen molar-refractivity contribution in [1.29, 1.82) is 0 Å². The van der Waals surface area contributed by atoms with Crippen LogP contribution in [0.2, 0.25) is 0 Å². The molecule has 0 spiro atoms. The molecule has 29 heavy (non-hydrogen) atoms. The average molecular weight is 523 g/mol. The van der Waals surface area contributed by atoms with E-state index in [0.29, 0.717) is 12.2 Å². The standard InChI is InChI=1S/C22H42N4O2.HI/c1-23-22(24-12-8-15-25-13-5-2-3-6-14-25)26-16-10-20(11-17-26)28-19-21-9-4-7-18-27-21;/h20-21H,2-19H2,1H3,(H,23,24);1H. The minimum Gasteiger partial charge on any atom is -0.376 e. The summed E-state index contributed by atoms with van der Waals surface area (Å²) in [6.07, 6.45) is 13.3. The smallest absolute Gasteiger partial charge is 0.193 e. The Kier molecular flexibility index (Phi) is 12.8. The van der Waals surface area contributed by atoms with E-state index < -0.39 is 0 Å². The Morgan fingerprint density at radius 1 is 1.00 bits per heavy atom. The molecule has 3 fully saturated rings. The second-order valence-corrected chi connectivity index (χ2v) is 8.59. The van der Waals surface area contributed by atoms with Gasteiger partial charge in [0.2, 0.25) is 0 Å². The average Bonchev–Trinajstić information content (AvgIpc) is 3.02. The van der Waals surface area contributed by atoms with Gasteiger partial charge in [-0.1, -0.05) is 12.8 Å². The normalized spacial score (nSPS) is 25.3. The molecule has 0 aromatic heterocycles. The van der Waals surface area contributed by atoms with E-state index in [2.05, 4.69) is 20.1 Å². The Labute approximate surface area is 195 Å². The van der Waals surface area contributed by atoms with E-state index >= 15 is 0 Å². The molecule has 0 radical (unpaired) electrons. The number of piperidine rings is 1. The summed E-state index contributed by atoms with van der Waals surface area (Å²) in [7, 11) is 1.90. The summed E-state index contributed by atoms with van der Waals surface area (Å²) >= 11 is 0. The highest BCUT2D eigenvalue weighted by molar-refractivity contribution is 14.0. The van der Waals surface area contributed by atoms with Crippen LogP contribution in [0.5, 0.6) is 0 Å². The number of rotatable bonds is 7. The second-order valence-electron chi connectivity index (χ2n) is 8.59. The molecule has 1 unspecified atom stereocenters. The maximum Gasteiger partial charge on any atom is 0.193 e. The number of nitrogens with zero attached hydrogens (tertiary/aromatic N) is 3. The molecule has 3 saturated heterocycles. The van der Waals surface area contributed by atoms with Crippen LogP contribution in [0.3, 0.4) is 0 Å². The maximum absolute atomic E-state index is 6.14. The summed E-state index contributed by atoms with van der Waals surface area (Å²) in [5, 5.41) is 3.58. The predicted octanol–water partition coefficient (Wildman–Crippen LogP) is 3.50. The minimum absolute atomic E-state index is 0. The fourth-order valence-electron chi connectivity index (χ4n) is 4.61. The molecule has 0 saturated carbocycles. The lowest BCUT2D eigenvalue weighted by atomic mass is 10.1. The van der Waals surface area contributed by atoms with Crippen LogP contribution in [0, 0.1) is 0 Å². The summed E-state index contributed by atoms with van der Waals surface area (Å²) in [6.45, 7) is 8.54. The summed E-state index contributed by atoms with van der Waals surface area (Å²) in [5.74, 6) is 1.06. The van der Waals surface area contributed by atoms with Crippen LogP contribution < -0.4 is 5.32 Å². The number of guanidine groups is 1. The first kappa shape index (κ1) is 25.1. The van der Waals surface area contributed by atoms with Crippen molar-refractivity contribution in [2.24, 2.45) is 4.99 Å². The first-order valence-corrected chi connectivity index (χ1v) is 11.8. The summed E-state index contributed by atoms with van der Waals surface area (Å²) in [5.41, 5.74) is 0. The molecule has 3 aliphatic rings. The van der Waals surface area contributed by atoms with E-state index in [-0.39, 0.29) is 24.0 Å². The number of ether oxygens (including phenoxy) is 2. The van der Waals surface area contributed by atoms with Gasteiger partial charge in [0.1, 0.15) is 0 Å². The fourth-order valence-corrected chi connectivity index (χ4v) is 4.61. The molecule has 3 heterocycles. The van der Waals surface area contributed by atoms with Crippen molar-refractivity contribution in [3.63, 3.8) is 0 Å². The molecule has 0 aliphatic carbocycles. The van der Waals surface area contributed by atoms with Gasteiger partial charge in [-0.05, 0) is 71.0 Å². The number of nitrogens with one attached hydrogen (secondary N) is 1.